The van der Waals surface area contributed by atoms with Crippen LogP contribution in [0, 0.1) is 0 Å². The van der Waals surface area contributed by atoms with Crippen molar-refractivity contribution in [2.75, 3.05) is 33.3 Å². The maximum atomic E-state index is 13.1. The number of ether oxygens (including phenoxy) is 1. The first-order valence-corrected chi connectivity index (χ1v) is 11.6. The number of Topliss-reactive ketones (excluding diaryl/α,β-unsaturated/α-hetero) is 1. The summed E-state index contributed by atoms with van der Waals surface area (Å²) in [7, 11) is 1.56. The number of carbonyl (C=O) groups is 2. The van der Waals surface area contributed by atoms with E-state index in [2.05, 4.69) is 34.7 Å². The van der Waals surface area contributed by atoms with Crippen molar-refractivity contribution in [2.24, 2.45) is 0 Å². The fourth-order valence-corrected chi connectivity index (χ4v) is 4.46. The van der Waals surface area contributed by atoms with Crippen molar-refractivity contribution >= 4 is 33.4 Å². The zero-order valence-corrected chi connectivity index (χ0v) is 20.3. The van der Waals surface area contributed by atoms with Crippen LogP contribution < -0.4 is 4.74 Å². The lowest BCUT2D eigenvalue weighted by molar-refractivity contribution is -0.140. The lowest BCUT2D eigenvalue weighted by Gasteiger charge is -2.27. The van der Waals surface area contributed by atoms with Gasteiger partial charge in [0.15, 0.2) is 0 Å². The smallest absolute Gasteiger partial charge is 0.295 e. The molecular weight excluding hydrogens is 472 g/mol. The van der Waals surface area contributed by atoms with E-state index in [9.17, 15) is 14.7 Å². The number of rotatable bonds is 9. The molecule has 2 aromatic carbocycles. The summed E-state index contributed by atoms with van der Waals surface area (Å²) in [4.78, 5) is 30.0. The molecule has 170 valence electrons. The van der Waals surface area contributed by atoms with Gasteiger partial charge in [0, 0.05) is 16.6 Å². The summed E-state index contributed by atoms with van der Waals surface area (Å²) in [5, 5.41) is 11.1. The first-order valence-electron chi connectivity index (χ1n) is 10.8. The van der Waals surface area contributed by atoms with Gasteiger partial charge >= 0.3 is 0 Å². The van der Waals surface area contributed by atoms with Crippen molar-refractivity contribution in [3.05, 3.63) is 69.7 Å². The zero-order valence-electron chi connectivity index (χ0n) is 18.7. The van der Waals surface area contributed by atoms with Crippen LogP contribution in [0.2, 0.25) is 0 Å². The number of likely N-dealkylation sites (tertiary alicyclic amines) is 1. The molecule has 0 bridgehead atoms. The Bertz CT molecular complexity index is 999. The van der Waals surface area contributed by atoms with Gasteiger partial charge in [0.1, 0.15) is 11.5 Å². The van der Waals surface area contributed by atoms with Crippen molar-refractivity contribution in [1.82, 2.24) is 9.80 Å². The van der Waals surface area contributed by atoms with Gasteiger partial charge in [-0.25, -0.2) is 0 Å². The summed E-state index contributed by atoms with van der Waals surface area (Å²) < 4.78 is 6.02. The Morgan fingerprint density at radius 1 is 1.12 bits per heavy atom. The molecule has 1 fully saturated rings. The summed E-state index contributed by atoms with van der Waals surface area (Å²) >= 11 is 3.48. The fourth-order valence-electron chi connectivity index (χ4n) is 4.04. The molecule has 1 aliphatic heterocycles. The molecule has 1 N–H and O–H groups in total. The Labute approximate surface area is 197 Å². The van der Waals surface area contributed by atoms with E-state index < -0.39 is 17.7 Å². The molecule has 0 saturated carbocycles. The standard InChI is InChI=1S/C25H29BrN2O4/c1-4-27(5-2)14-7-15-28-22(18-8-6-9-19(26)16-18)21(24(30)25(28)31)23(29)17-10-12-20(32-3)13-11-17/h6,8-13,16,22,29H,4-5,7,14-15H2,1-3H3/b23-21-. The van der Waals surface area contributed by atoms with E-state index in [0.29, 0.717) is 17.9 Å². The second-order valence-electron chi connectivity index (χ2n) is 7.66. The van der Waals surface area contributed by atoms with Gasteiger partial charge in [0.2, 0.25) is 0 Å². The molecule has 2 aromatic rings. The average molecular weight is 501 g/mol. The third-order valence-electron chi connectivity index (χ3n) is 5.84. The van der Waals surface area contributed by atoms with Crippen molar-refractivity contribution in [2.45, 2.75) is 26.3 Å². The minimum atomic E-state index is -0.661. The third-order valence-corrected chi connectivity index (χ3v) is 6.33. The number of ketones is 1. The third kappa shape index (κ3) is 5.05. The number of amides is 1. The van der Waals surface area contributed by atoms with Crippen molar-refractivity contribution in [3.63, 3.8) is 0 Å². The van der Waals surface area contributed by atoms with Crippen LogP contribution in [0.25, 0.3) is 5.76 Å². The number of halogens is 1. The second kappa shape index (κ2) is 10.8. The lowest BCUT2D eigenvalue weighted by atomic mass is 9.95. The number of hydrogen-bond acceptors (Lipinski definition) is 5. The summed E-state index contributed by atoms with van der Waals surface area (Å²) in [6.07, 6.45) is 0.738. The second-order valence-corrected chi connectivity index (χ2v) is 8.57. The largest absolute Gasteiger partial charge is 0.507 e. The molecule has 1 heterocycles. The van der Waals surface area contributed by atoms with E-state index in [1.54, 1.807) is 36.3 Å². The topological polar surface area (TPSA) is 70.1 Å². The molecular formula is C25H29BrN2O4. The SMILES string of the molecule is CCN(CC)CCCN1C(=O)C(=O)/C(=C(\O)c2ccc(OC)cc2)C1c1cccc(Br)c1. The molecule has 0 spiro atoms. The van der Waals surface area contributed by atoms with Crippen LogP contribution in [0.1, 0.15) is 37.4 Å². The van der Waals surface area contributed by atoms with Crippen LogP contribution >= 0.6 is 15.9 Å². The van der Waals surface area contributed by atoms with Gasteiger partial charge in [-0.3, -0.25) is 9.59 Å². The van der Waals surface area contributed by atoms with E-state index in [-0.39, 0.29) is 11.3 Å². The molecule has 1 amide bonds. The molecule has 0 aliphatic carbocycles. The van der Waals surface area contributed by atoms with Gasteiger partial charge in [-0.05, 0) is 68.0 Å². The molecule has 7 heteroatoms. The van der Waals surface area contributed by atoms with Crippen molar-refractivity contribution in [3.8, 4) is 5.75 Å². The van der Waals surface area contributed by atoms with E-state index in [1.807, 2.05) is 24.3 Å². The average Bonchev–Trinajstić information content (AvgIpc) is 3.06. The van der Waals surface area contributed by atoms with E-state index >= 15 is 0 Å². The molecule has 0 aromatic heterocycles. The van der Waals surface area contributed by atoms with E-state index in [4.69, 9.17) is 4.74 Å². The molecule has 3 rings (SSSR count). The van der Waals surface area contributed by atoms with E-state index in [1.165, 1.54) is 0 Å². The minimum Gasteiger partial charge on any atom is -0.507 e. The zero-order chi connectivity index (χ0) is 23.3. The first kappa shape index (κ1) is 24.0. The molecule has 1 aliphatic rings. The number of hydrogen-bond donors (Lipinski definition) is 1. The molecule has 1 unspecified atom stereocenters. The van der Waals surface area contributed by atoms with Gasteiger partial charge in [-0.1, -0.05) is 41.9 Å². The van der Waals surface area contributed by atoms with Crippen molar-refractivity contribution < 1.29 is 19.4 Å². The van der Waals surface area contributed by atoms with Crippen LogP contribution in [-0.2, 0) is 9.59 Å². The van der Waals surface area contributed by atoms with Crippen LogP contribution in [0.5, 0.6) is 5.75 Å². The summed E-state index contributed by atoms with van der Waals surface area (Å²) in [5.74, 6) is -0.778. The predicted octanol–water partition coefficient (Wildman–Crippen LogP) is 4.61. The van der Waals surface area contributed by atoms with Crippen molar-refractivity contribution in [1.29, 1.82) is 0 Å². The number of aliphatic hydroxyl groups excluding tert-OH is 1. The van der Waals surface area contributed by atoms with Crippen LogP contribution in [0.3, 0.4) is 0 Å². The Morgan fingerprint density at radius 2 is 1.81 bits per heavy atom. The highest BCUT2D eigenvalue weighted by molar-refractivity contribution is 9.10. The lowest BCUT2D eigenvalue weighted by Crippen LogP contribution is -2.33. The summed E-state index contributed by atoms with van der Waals surface area (Å²) in [6, 6.07) is 13.6. The monoisotopic (exact) mass is 500 g/mol. The molecule has 32 heavy (non-hydrogen) atoms. The number of aliphatic hydroxyl groups is 1. The molecule has 0 radical (unpaired) electrons. The first-order chi connectivity index (χ1) is 15.4. The van der Waals surface area contributed by atoms with Crippen LogP contribution in [0.15, 0.2) is 58.6 Å². The Morgan fingerprint density at radius 3 is 2.41 bits per heavy atom. The number of benzene rings is 2. The Kier molecular flexibility index (Phi) is 8.10. The maximum Gasteiger partial charge on any atom is 0.295 e. The molecule has 1 atom stereocenters. The highest BCUT2D eigenvalue weighted by atomic mass is 79.9. The highest BCUT2D eigenvalue weighted by Gasteiger charge is 2.45. The fraction of sp³-hybridized carbons (Fsp3) is 0.360. The highest BCUT2D eigenvalue weighted by Crippen LogP contribution is 2.40. The quantitative estimate of drug-likeness (QED) is 0.309. The van der Waals surface area contributed by atoms with Gasteiger partial charge < -0.3 is 19.6 Å². The summed E-state index contributed by atoms with van der Waals surface area (Å²) in [6.45, 7) is 7.33. The van der Waals surface area contributed by atoms with Crippen LogP contribution in [0.4, 0.5) is 0 Å². The number of carbonyl (C=O) groups excluding carboxylic acids is 2. The van der Waals surface area contributed by atoms with Gasteiger partial charge in [-0.2, -0.15) is 0 Å². The van der Waals surface area contributed by atoms with Gasteiger partial charge in [0.05, 0.1) is 18.7 Å². The maximum absolute atomic E-state index is 13.1. The van der Waals surface area contributed by atoms with Gasteiger partial charge in [-0.15, -0.1) is 0 Å². The Hall–Kier alpha value is -2.64. The number of methoxy groups -OCH3 is 1. The van der Waals surface area contributed by atoms with E-state index in [0.717, 1.165) is 36.1 Å². The Balaban J connectivity index is 2.02. The molecule has 6 nitrogen and oxygen atoms in total. The van der Waals surface area contributed by atoms with Gasteiger partial charge in [0.25, 0.3) is 11.7 Å². The molecule has 1 saturated heterocycles. The summed E-state index contributed by atoms with van der Waals surface area (Å²) in [5.41, 5.74) is 1.35. The van der Waals surface area contributed by atoms with Crippen LogP contribution in [-0.4, -0.2) is 59.9 Å². The normalized spacial score (nSPS) is 17.9. The number of nitrogens with zero attached hydrogens (tertiary/aromatic N) is 2. The predicted molar refractivity (Wildman–Crippen MR) is 129 cm³/mol. The minimum absolute atomic E-state index is 0.112.